The van der Waals surface area contributed by atoms with Gasteiger partial charge < -0.3 is 5.11 Å². The molecule has 2 aromatic carbocycles. The minimum atomic E-state index is -3.47. The first-order chi connectivity index (χ1) is 14.7. The van der Waals surface area contributed by atoms with Crippen LogP contribution in [0.15, 0.2) is 60.7 Å². The van der Waals surface area contributed by atoms with Gasteiger partial charge in [-0.25, -0.2) is 0 Å². The molecule has 0 saturated heterocycles. The predicted octanol–water partition coefficient (Wildman–Crippen LogP) is 4.62. The first kappa shape index (κ1) is 22.8. The largest absolute Gasteiger partial charge is 0.392 e. The molecule has 7 heteroatoms. The van der Waals surface area contributed by atoms with E-state index in [2.05, 4.69) is 9.97 Å². The van der Waals surface area contributed by atoms with Crippen LogP contribution in [0.25, 0.3) is 21.8 Å². The minimum Gasteiger partial charge on any atom is -0.392 e. The Hall–Kier alpha value is -2.87. The molecule has 1 atom stereocenters. The molecule has 0 amide bonds. The van der Waals surface area contributed by atoms with Crippen molar-refractivity contribution in [1.29, 1.82) is 0 Å². The molecule has 0 saturated carbocycles. The molecule has 6 nitrogen and oxygen atoms in total. The van der Waals surface area contributed by atoms with Gasteiger partial charge in [-0.15, -0.1) is 0 Å². The molecule has 1 N–H and O–H groups in total. The van der Waals surface area contributed by atoms with E-state index in [1.807, 2.05) is 74.5 Å². The average Bonchev–Trinajstić information content (AvgIpc) is 2.71. The van der Waals surface area contributed by atoms with E-state index < -0.39 is 16.2 Å². The second kappa shape index (κ2) is 9.51. The van der Waals surface area contributed by atoms with Gasteiger partial charge in [0.1, 0.15) is 0 Å². The lowest BCUT2D eigenvalue weighted by Gasteiger charge is -2.14. The first-order valence-corrected chi connectivity index (χ1v) is 11.7. The van der Waals surface area contributed by atoms with Crippen molar-refractivity contribution in [3.05, 3.63) is 83.2 Å². The number of aliphatic hydroxyl groups excluding tert-OH is 1. The summed E-state index contributed by atoms with van der Waals surface area (Å²) in [7, 11) is -3.47. The highest BCUT2D eigenvalue weighted by molar-refractivity contribution is 7.86. The quantitative estimate of drug-likeness (QED) is 0.468. The van der Waals surface area contributed by atoms with Crippen LogP contribution in [0, 0.1) is 13.8 Å². The van der Waals surface area contributed by atoms with Crippen LogP contribution in [0.4, 0.5) is 0 Å². The molecule has 0 bridgehead atoms. The summed E-state index contributed by atoms with van der Waals surface area (Å²) in [5, 5.41) is 11.1. The van der Waals surface area contributed by atoms with E-state index in [4.69, 9.17) is 9.29 Å². The van der Waals surface area contributed by atoms with Gasteiger partial charge in [-0.2, -0.15) is 8.42 Å². The number of aryl methyl sites for hydroxylation is 2. The minimum absolute atomic E-state index is 0.0733. The van der Waals surface area contributed by atoms with Gasteiger partial charge in [-0.05, 0) is 56.2 Å². The third-order valence-corrected chi connectivity index (χ3v) is 5.37. The molecule has 0 aliphatic heterocycles. The standard InChI is InChI=1S/C13H15NO3S.C11H11NO/c1-9-8-12(10(2)17-18(3,15)16)11-6-4-5-7-13(11)14-9;1-8-6-9(7-13)10-4-2-3-5-11(10)12-8/h4-8,10H,1-3H3;2-6,13H,7H2,1H3. The molecule has 4 aromatic rings. The summed E-state index contributed by atoms with van der Waals surface area (Å²) >= 11 is 0. The Kier molecular flexibility index (Phi) is 7.00. The first-order valence-electron chi connectivity index (χ1n) is 9.88. The highest BCUT2D eigenvalue weighted by atomic mass is 32.2. The van der Waals surface area contributed by atoms with Crippen LogP contribution in [0.1, 0.15) is 35.5 Å². The fourth-order valence-electron chi connectivity index (χ4n) is 3.52. The van der Waals surface area contributed by atoms with Crippen molar-refractivity contribution in [3.8, 4) is 0 Å². The smallest absolute Gasteiger partial charge is 0.264 e. The van der Waals surface area contributed by atoms with E-state index >= 15 is 0 Å². The molecule has 2 heterocycles. The maximum Gasteiger partial charge on any atom is 0.264 e. The molecule has 0 radical (unpaired) electrons. The third kappa shape index (κ3) is 5.85. The molecule has 4 rings (SSSR count). The topological polar surface area (TPSA) is 89.4 Å². The molecule has 2 aromatic heterocycles. The van der Waals surface area contributed by atoms with E-state index in [0.29, 0.717) is 0 Å². The SMILES string of the molecule is Cc1cc(C(C)OS(C)(=O)=O)c2ccccc2n1.Cc1cc(CO)c2ccccc2n1. The van der Waals surface area contributed by atoms with Crippen molar-refractivity contribution < 1.29 is 17.7 Å². The maximum absolute atomic E-state index is 11.2. The lowest BCUT2D eigenvalue weighted by Crippen LogP contribution is -2.08. The van der Waals surface area contributed by atoms with E-state index in [9.17, 15) is 8.42 Å². The average molecular weight is 439 g/mol. The number of para-hydroxylation sites is 2. The van der Waals surface area contributed by atoms with E-state index in [-0.39, 0.29) is 6.61 Å². The van der Waals surface area contributed by atoms with Gasteiger partial charge in [0.25, 0.3) is 10.1 Å². The van der Waals surface area contributed by atoms with Crippen molar-refractivity contribution in [2.45, 2.75) is 33.5 Å². The molecular weight excluding hydrogens is 412 g/mol. The Morgan fingerprint density at radius 2 is 1.42 bits per heavy atom. The molecule has 0 fully saturated rings. The van der Waals surface area contributed by atoms with Gasteiger partial charge in [-0.3, -0.25) is 14.2 Å². The summed E-state index contributed by atoms with van der Waals surface area (Å²) in [6.45, 7) is 5.61. The maximum atomic E-state index is 11.2. The summed E-state index contributed by atoms with van der Waals surface area (Å²) in [6.07, 6.45) is 0.534. The highest BCUT2D eigenvalue weighted by Crippen LogP contribution is 2.27. The number of hydrogen-bond donors (Lipinski definition) is 1. The molecule has 0 aliphatic rings. The molecule has 0 aliphatic carbocycles. The third-order valence-electron chi connectivity index (χ3n) is 4.73. The van der Waals surface area contributed by atoms with Crippen molar-refractivity contribution in [2.24, 2.45) is 0 Å². The zero-order valence-electron chi connectivity index (χ0n) is 18.0. The summed E-state index contributed by atoms with van der Waals surface area (Å²) in [4.78, 5) is 8.78. The van der Waals surface area contributed by atoms with Crippen LogP contribution >= 0.6 is 0 Å². The number of nitrogens with zero attached hydrogens (tertiary/aromatic N) is 2. The number of aliphatic hydroxyl groups is 1. The Balaban J connectivity index is 0.000000185. The normalized spacial score (nSPS) is 12.4. The Morgan fingerprint density at radius 3 is 2.00 bits per heavy atom. The molecular formula is C24H26N2O4S. The Bertz CT molecular complexity index is 1320. The number of pyridine rings is 2. The number of benzene rings is 2. The molecule has 162 valence electrons. The Morgan fingerprint density at radius 1 is 0.903 bits per heavy atom. The summed E-state index contributed by atoms with van der Waals surface area (Å²) in [5.41, 5.74) is 5.37. The van der Waals surface area contributed by atoms with Crippen molar-refractivity contribution in [2.75, 3.05) is 6.26 Å². The van der Waals surface area contributed by atoms with Gasteiger partial charge in [0.05, 0.1) is 30.0 Å². The van der Waals surface area contributed by atoms with Crippen LogP contribution < -0.4 is 0 Å². The van der Waals surface area contributed by atoms with Crippen molar-refractivity contribution in [1.82, 2.24) is 9.97 Å². The molecule has 1 unspecified atom stereocenters. The summed E-state index contributed by atoms with van der Waals surface area (Å²) in [6, 6.07) is 19.2. The predicted molar refractivity (Wildman–Crippen MR) is 123 cm³/mol. The zero-order valence-corrected chi connectivity index (χ0v) is 18.8. The zero-order chi connectivity index (χ0) is 22.6. The summed E-state index contributed by atoms with van der Waals surface area (Å²) < 4.78 is 27.4. The van der Waals surface area contributed by atoms with Gasteiger partial charge >= 0.3 is 0 Å². The number of rotatable bonds is 4. The monoisotopic (exact) mass is 438 g/mol. The second-order valence-electron chi connectivity index (χ2n) is 7.41. The van der Waals surface area contributed by atoms with Crippen LogP contribution in [-0.2, 0) is 20.9 Å². The fraction of sp³-hybridized carbons (Fsp3) is 0.250. The van der Waals surface area contributed by atoms with Gasteiger partial charge in [0, 0.05) is 22.2 Å². The lowest BCUT2D eigenvalue weighted by atomic mass is 10.0. The van der Waals surface area contributed by atoms with Crippen molar-refractivity contribution in [3.63, 3.8) is 0 Å². The van der Waals surface area contributed by atoms with Crippen LogP contribution in [0.2, 0.25) is 0 Å². The highest BCUT2D eigenvalue weighted by Gasteiger charge is 2.16. The van der Waals surface area contributed by atoms with Gasteiger partial charge in [0.15, 0.2) is 0 Å². The summed E-state index contributed by atoms with van der Waals surface area (Å²) in [5.74, 6) is 0. The number of hydrogen-bond acceptors (Lipinski definition) is 6. The van der Waals surface area contributed by atoms with Gasteiger partial charge in [0.2, 0.25) is 0 Å². The van der Waals surface area contributed by atoms with Gasteiger partial charge in [-0.1, -0.05) is 36.4 Å². The molecule has 31 heavy (non-hydrogen) atoms. The fourth-order valence-corrected chi connectivity index (χ4v) is 4.14. The van der Waals surface area contributed by atoms with E-state index in [1.165, 1.54) is 0 Å². The molecule has 0 spiro atoms. The number of aromatic nitrogens is 2. The van der Waals surface area contributed by atoms with Crippen molar-refractivity contribution >= 4 is 31.9 Å². The van der Waals surface area contributed by atoms with Crippen LogP contribution in [0.5, 0.6) is 0 Å². The van der Waals surface area contributed by atoms with Crippen LogP contribution in [-0.4, -0.2) is 29.7 Å². The van der Waals surface area contributed by atoms with Crippen LogP contribution in [0.3, 0.4) is 0 Å². The Labute approximate surface area is 182 Å². The lowest BCUT2D eigenvalue weighted by molar-refractivity contribution is 0.238. The second-order valence-corrected chi connectivity index (χ2v) is 9.01. The van der Waals surface area contributed by atoms with E-state index in [0.717, 1.165) is 50.6 Å². The number of fused-ring (bicyclic) bond motifs is 2. The van der Waals surface area contributed by atoms with E-state index in [1.54, 1.807) is 6.92 Å².